The molecule has 0 bridgehead atoms. The molecule has 138 valence electrons. The minimum atomic E-state index is -0.312. The van der Waals surface area contributed by atoms with Crippen molar-refractivity contribution in [3.05, 3.63) is 52.7 Å². The third kappa shape index (κ3) is 3.46. The molecule has 3 aromatic rings. The Morgan fingerprint density at radius 2 is 2.11 bits per heavy atom. The molecule has 0 spiro atoms. The predicted octanol–water partition coefficient (Wildman–Crippen LogP) is 2.71. The van der Waals surface area contributed by atoms with E-state index in [1.54, 1.807) is 12.1 Å². The second kappa shape index (κ2) is 6.92. The van der Waals surface area contributed by atoms with Gasteiger partial charge in [0.15, 0.2) is 5.69 Å². The number of nitrogens with one attached hydrogen (secondary N) is 3. The molecule has 0 unspecified atom stereocenters. The van der Waals surface area contributed by atoms with Gasteiger partial charge in [-0.05, 0) is 37.3 Å². The van der Waals surface area contributed by atoms with Gasteiger partial charge < -0.3 is 15.5 Å². The number of nitrogens with zero attached hydrogens (tertiary/aromatic N) is 2. The van der Waals surface area contributed by atoms with Crippen molar-refractivity contribution in [3.8, 4) is 0 Å². The monoisotopic (exact) mass is 383 g/mol. The van der Waals surface area contributed by atoms with Crippen molar-refractivity contribution in [2.24, 2.45) is 0 Å². The summed E-state index contributed by atoms with van der Waals surface area (Å²) < 4.78 is 0. The highest BCUT2D eigenvalue weighted by Crippen LogP contribution is 2.29. The molecule has 0 saturated carbocycles. The van der Waals surface area contributed by atoms with E-state index in [4.69, 9.17) is 11.6 Å². The van der Waals surface area contributed by atoms with Crippen molar-refractivity contribution < 1.29 is 9.59 Å². The number of piperazine rings is 1. The van der Waals surface area contributed by atoms with Crippen LogP contribution in [0, 0.1) is 6.92 Å². The second-order valence-electron chi connectivity index (χ2n) is 6.51. The average molecular weight is 384 g/mol. The molecule has 2 heterocycles. The van der Waals surface area contributed by atoms with Crippen LogP contribution in [0.2, 0.25) is 5.02 Å². The number of aromatic amines is 1. The SMILES string of the molecule is Cc1ccc2[nH]nc(C(=O)Nc3ccc(N4CCNC(=O)C4)c(Cl)c3)c2c1. The highest BCUT2D eigenvalue weighted by Gasteiger charge is 2.19. The summed E-state index contributed by atoms with van der Waals surface area (Å²) in [4.78, 5) is 26.1. The van der Waals surface area contributed by atoms with Crippen molar-refractivity contribution in [2.45, 2.75) is 6.92 Å². The Balaban J connectivity index is 1.55. The van der Waals surface area contributed by atoms with Crippen LogP contribution in [0.25, 0.3) is 10.9 Å². The largest absolute Gasteiger partial charge is 0.359 e. The van der Waals surface area contributed by atoms with Gasteiger partial charge in [0, 0.05) is 24.2 Å². The summed E-state index contributed by atoms with van der Waals surface area (Å²) in [5.74, 6) is -0.344. The number of carbonyl (C=O) groups is 2. The van der Waals surface area contributed by atoms with Crippen molar-refractivity contribution in [1.29, 1.82) is 0 Å². The van der Waals surface area contributed by atoms with Gasteiger partial charge in [0.1, 0.15) is 0 Å². The molecule has 1 aliphatic rings. The van der Waals surface area contributed by atoms with Crippen LogP contribution in [-0.2, 0) is 4.79 Å². The van der Waals surface area contributed by atoms with E-state index in [-0.39, 0.29) is 18.4 Å². The van der Waals surface area contributed by atoms with Gasteiger partial charge in [0.25, 0.3) is 5.91 Å². The van der Waals surface area contributed by atoms with Gasteiger partial charge in [-0.25, -0.2) is 0 Å². The first kappa shape index (κ1) is 17.4. The number of amides is 2. The first-order valence-corrected chi connectivity index (χ1v) is 8.96. The molecule has 4 rings (SSSR count). The quantitative estimate of drug-likeness (QED) is 0.648. The third-order valence-corrected chi connectivity index (χ3v) is 4.82. The number of aryl methyl sites for hydroxylation is 1. The van der Waals surface area contributed by atoms with Crippen molar-refractivity contribution in [1.82, 2.24) is 15.5 Å². The molecule has 0 atom stereocenters. The smallest absolute Gasteiger partial charge is 0.276 e. The highest BCUT2D eigenvalue weighted by molar-refractivity contribution is 6.33. The third-order valence-electron chi connectivity index (χ3n) is 4.52. The van der Waals surface area contributed by atoms with Gasteiger partial charge in [-0.1, -0.05) is 23.2 Å². The Morgan fingerprint density at radius 1 is 1.26 bits per heavy atom. The fraction of sp³-hybridized carbons (Fsp3) is 0.211. The summed E-state index contributed by atoms with van der Waals surface area (Å²) in [6.07, 6.45) is 0. The van der Waals surface area contributed by atoms with E-state index < -0.39 is 0 Å². The van der Waals surface area contributed by atoms with Crippen LogP contribution in [0.5, 0.6) is 0 Å². The lowest BCUT2D eigenvalue weighted by Gasteiger charge is -2.29. The summed E-state index contributed by atoms with van der Waals surface area (Å²) >= 11 is 6.39. The van der Waals surface area contributed by atoms with E-state index in [9.17, 15) is 9.59 Å². The van der Waals surface area contributed by atoms with Crippen LogP contribution >= 0.6 is 11.6 Å². The normalized spacial score (nSPS) is 14.3. The van der Waals surface area contributed by atoms with Crippen LogP contribution in [0.15, 0.2) is 36.4 Å². The molecule has 1 saturated heterocycles. The Hall–Kier alpha value is -3.06. The van der Waals surface area contributed by atoms with Gasteiger partial charge in [-0.2, -0.15) is 5.10 Å². The number of fused-ring (bicyclic) bond motifs is 1. The van der Waals surface area contributed by atoms with Crippen molar-refractivity contribution in [2.75, 3.05) is 29.9 Å². The summed E-state index contributed by atoms with van der Waals surface area (Å²) in [5, 5.41) is 13.9. The lowest BCUT2D eigenvalue weighted by atomic mass is 10.1. The van der Waals surface area contributed by atoms with Crippen LogP contribution in [0.4, 0.5) is 11.4 Å². The van der Waals surface area contributed by atoms with Gasteiger partial charge in [-0.15, -0.1) is 0 Å². The molecule has 7 nitrogen and oxygen atoms in total. The molecule has 0 radical (unpaired) electrons. The molecule has 8 heteroatoms. The summed E-state index contributed by atoms with van der Waals surface area (Å²) in [7, 11) is 0. The number of halogens is 1. The zero-order valence-electron chi connectivity index (χ0n) is 14.7. The fourth-order valence-corrected chi connectivity index (χ4v) is 3.48. The molecule has 3 N–H and O–H groups in total. The number of hydrogen-bond donors (Lipinski definition) is 3. The summed E-state index contributed by atoms with van der Waals surface area (Å²) in [5.41, 5.74) is 3.53. The number of anilines is 2. The molecule has 1 aliphatic heterocycles. The lowest BCUT2D eigenvalue weighted by Crippen LogP contribution is -2.47. The van der Waals surface area contributed by atoms with Crippen molar-refractivity contribution in [3.63, 3.8) is 0 Å². The molecule has 1 aromatic heterocycles. The van der Waals surface area contributed by atoms with E-state index in [0.29, 0.717) is 29.5 Å². The number of benzene rings is 2. The van der Waals surface area contributed by atoms with E-state index in [2.05, 4.69) is 20.8 Å². The summed E-state index contributed by atoms with van der Waals surface area (Å²) in [6, 6.07) is 11.0. The first-order chi connectivity index (χ1) is 13.0. The van der Waals surface area contributed by atoms with Gasteiger partial charge >= 0.3 is 0 Å². The van der Waals surface area contributed by atoms with Crippen LogP contribution in [-0.4, -0.2) is 41.6 Å². The maximum absolute atomic E-state index is 12.6. The number of rotatable bonds is 3. The minimum absolute atomic E-state index is 0.0320. The predicted molar refractivity (Wildman–Crippen MR) is 105 cm³/mol. The molecule has 1 fully saturated rings. The second-order valence-corrected chi connectivity index (χ2v) is 6.92. The molecular formula is C19H18ClN5O2. The molecule has 2 amide bonds. The van der Waals surface area contributed by atoms with Crippen LogP contribution in [0.1, 0.15) is 16.1 Å². The fourth-order valence-electron chi connectivity index (χ4n) is 3.18. The Morgan fingerprint density at radius 3 is 2.89 bits per heavy atom. The minimum Gasteiger partial charge on any atom is -0.359 e. The van der Waals surface area contributed by atoms with Crippen LogP contribution in [0.3, 0.4) is 0 Å². The summed E-state index contributed by atoms with van der Waals surface area (Å²) in [6.45, 7) is 3.51. The number of hydrogen-bond acceptors (Lipinski definition) is 4. The Bertz CT molecular complexity index is 1050. The maximum atomic E-state index is 12.6. The number of aromatic nitrogens is 2. The number of H-pyrrole nitrogens is 1. The van der Waals surface area contributed by atoms with Gasteiger partial charge in [-0.3, -0.25) is 14.7 Å². The molecular weight excluding hydrogens is 366 g/mol. The van der Waals surface area contributed by atoms with E-state index >= 15 is 0 Å². The van der Waals surface area contributed by atoms with E-state index in [0.717, 1.165) is 22.2 Å². The standard InChI is InChI=1S/C19H18ClN5O2/c1-11-2-4-15-13(8-11)18(24-23-15)19(27)22-12-3-5-16(14(20)9-12)25-7-6-21-17(26)10-25/h2-5,8-9H,6-7,10H2,1H3,(H,21,26)(H,22,27)(H,23,24). The van der Waals surface area contributed by atoms with E-state index in [1.807, 2.05) is 36.1 Å². The Kier molecular flexibility index (Phi) is 4.45. The first-order valence-electron chi connectivity index (χ1n) is 8.58. The highest BCUT2D eigenvalue weighted by atomic mass is 35.5. The Labute approximate surface area is 160 Å². The molecule has 2 aromatic carbocycles. The molecule has 27 heavy (non-hydrogen) atoms. The van der Waals surface area contributed by atoms with Gasteiger partial charge in [0.05, 0.1) is 22.8 Å². The zero-order valence-corrected chi connectivity index (χ0v) is 15.4. The van der Waals surface area contributed by atoms with Gasteiger partial charge in [0.2, 0.25) is 5.91 Å². The molecule has 0 aliphatic carbocycles. The zero-order chi connectivity index (χ0) is 19.0. The van der Waals surface area contributed by atoms with Crippen molar-refractivity contribution >= 4 is 45.7 Å². The average Bonchev–Trinajstić information content (AvgIpc) is 3.05. The maximum Gasteiger partial charge on any atom is 0.276 e. The lowest BCUT2D eigenvalue weighted by molar-refractivity contribution is -0.120. The number of carbonyl (C=O) groups excluding carboxylic acids is 2. The van der Waals surface area contributed by atoms with Crippen LogP contribution < -0.4 is 15.5 Å². The van der Waals surface area contributed by atoms with E-state index in [1.165, 1.54) is 0 Å². The topological polar surface area (TPSA) is 90.1 Å².